The molecule has 0 saturated heterocycles. The van der Waals surface area contributed by atoms with Gasteiger partial charge in [-0.2, -0.15) is 0 Å². The van der Waals surface area contributed by atoms with Gasteiger partial charge in [0.05, 0.1) is 0 Å². The molecular formula is C16H17N5O. The lowest BCUT2D eigenvalue weighted by atomic mass is 10.1. The molecule has 0 aliphatic heterocycles. The van der Waals surface area contributed by atoms with Crippen molar-refractivity contribution in [3.05, 3.63) is 30.2 Å². The van der Waals surface area contributed by atoms with E-state index in [0.29, 0.717) is 6.04 Å². The Morgan fingerprint density at radius 1 is 1.14 bits per heavy atom. The third kappa shape index (κ3) is 2.41. The average molecular weight is 295 g/mol. The smallest absolute Gasteiger partial charge is 0.137 e. The Balaban J connectivity index is 1.75. The van der Waals surface area contributed by atoms with Crippen LogP contribution >= 0.6 is 0 Å². The molecule has 6 nitrogen and oxygen atoms in total. The first-order valence-corrected chi connectivity index (χ1v) is 7.62. The summed E-state index contributed by atoms with van der Waals surface area (Å²) in [6.07, 6.45) is 6.85. The van der Waals surface area contributed by atoms with E-state index >= 15 is 0 Å². The van der Waals surface area contributed by atoms with Crippen LogP contribution in [0.15, 0.2) is 29.0 Å². The molecule has 3 aromatic rings. The molecule has 0 radical (unpaired) electrons. The van der Waals surface area contributed by atoms with Crippen LogP contribution in [0, 0.1) is 6.92 Å². The fourth-order valence-corrected chi connectivity index (χ4v) is 3.00. The van der Waals surface area contributed by atoms with Gasteiger partial charge in [-0.3, -0.25) is 0 Å². The predicted molar refractivity (Wildman–Crippen MR) is 83.4 cm³/mol. The molecule has 2 aromatic heterocycles. The highest BCUT2D eigenvalue weighted by Crippen LogP contribution is 2.30. The van der Waals surface area contributed by atoms with E-state index in [0.717, 1.165) is 33.8 Å². The largest absolute Gasteiger partial charge is 0.367 e. The van der Waals surface area contributed by atoms with Crippen LogP contribution in [0.3, 0.4) is 0 Å². The molecule has 2 heterocycles. The van der Waals surface area contributed by atoms with Crippen LogP contribution in [-0.4, -0.2) is 26.3 Å². The van der Waals surface area contributed by atoms with Crippen LogP contribution in [0.4, 0.5) is 5.82 Å². The zero-order valence-electron chi connectivity index (χ0n) is 12.4. The fourth-order valence-electron chi connectivity index (χ4n) is 3.00. The van der Waals surface area contributed by atoms with Gasteiger partial charge >= 0.3 is 0 Å². The maximum Gasteiger partial charge on any atom is 0.137 e. The lowest BCUT2D eigenvalue weighted by Gasteiger charge is -2.16. The highest BCUT2D eigenvalue weighted by Gasteiger charge is 2.18. The minimum absolute atomic E-state index is 0.505. The number of fused-ring (bicyclic) bond motifs is 1. The van der Waals surface area contributed by atoms with Crippen LogP contribution < -0.4 is 5.32 Å². The highest BCUT2D eigenvalue weighted by atomic mass is 16.6. The number of anilines is 1. The molecule has 22 heavy (non-hydrogen) atoms. The Kier molecular flexibility index (Phi) is 3.21. The van der Waals surface area contributed by atoms with E-state index in [4.69, 9.17) is 4.63 Å². The van der Waals surface area contributed by atoms with Gasteiger partial charge in [-0.1, -0.05) is 18.9 Å². The summed E-state index contributed by atoms with van der Waals surface area (Å²) in [5.74, 6) is 1.67. The van der Waals surface area contributed by atoms with Gasteiger partial charge in [0.25, 0.3) is 0 Å². The van der Waals surface area contributed by atoms with Gasteiger partial charge < -0.3 is 5.32 Å². The quantitative estimate of drug-likeness (QED) is 0.798. The topological polar surface area (TPSA) is 76.7 Å². The molecule has 1 aromatic carbocycles. The van der Waals surface area contributed by atoms with Crippen molar-refractivity contribution in [3.63, 3.8) is 0 Å². The molecule has 1 fully saturated rings. The van der Waals surface area contributed by atoms with Gasteiger partial charge in [0.2, 0.25) is 0 Å². The second-order valence-electron chi connectivity index (χ2n) is 5.77. The number of hydrogen-bond acceptors (Lipinski definition) is 6. The number of rotatable bonds is 3. The van der Waals surface area contributed by atoms with Crippen molar-refractivity contribution in [1.82, 2.24) is 20.3 Å². The first kappa shape index (κ1) is 13.2. The first-order valence-electron chi connectivity index (χ1n) is 7.62. The maximum absolute atomic E-state index is 4.77. The van der Waals surface area contributed by atoms with Crippen molar-refractivity contribution in [2.75, 3.05) is 5.32 Å². The van der Waals surface area contributed by atoms with E-state index in [1.165, 1.54) is 25.7 Å². The summed E-state index contributed by atoms with van der Waals surface area (Å²) in [6, 6.07) is 6.37. The second kappa shape index (κ2) is 5.36. The van der Waals surface area contributed by atoms with E-state index in [1.807, 2.05) is 31.3 Å². The van der Waals surface area contributed by atoms with E-state index in [2.05, 4.69) is 25.6 Å². The molecule has 6 heteroatoms. The fraction of sp³-hybridized carbons (Fsp3) is 0.375. The number of benzene rings is 1. The summed E-state index contributed by atoms with van der Waals surface area (Å²) in [6.45, 7) is 1.91. The molecule has 0 amide bonds. The minimum Gasteiger partial charge on any atom is -0.367 e. The first-order chi connectivity index (χ1) is 10.8. The van der Waals surface area contributed by atoms with Crippen molar-refractivity contribution >= 4 is 16.9 Å². The SMILES string of the molecule is Cc1ncc(-c2ccc3nonc3c2)c(NC2CCCC2)n1. The number of aryl methyl sites for hydroxylation is 1. The van der Waals surface area contributed by atoms with Gasteiger partial charge in [0.15, 0.2) is 0 Å². The zero-order valence-corrected chi connectivity index (χ0v) is 12.4. The zero-order chi connectivity index (χ0) is 14.9. The van der Waals surface area contributed by atoms with E-state index in [-0.39, 0.29) is 0 Å². The summed E-state index contributed by atoms with van der Waals surface area (Å²) in [4.78, 5) is 8.95. The summed E-state index contributed by atoms with van der Waals surface area (Å²) in [5, 5.41) is 11.3. The second-order valence-corrected chi connectivity index (χ2v) is 5.77. The van der Waals surface area contributed by atoms with Gasteiger partial charge in [0.1, 0.15) is 22.7 Å². The van der Waals surface area contributed by atoms with Crippen LogP contribution in [0.2, 0.25) is 0 Å². The Morgan fingerprint density at radius 3 is 2.82 bits per heavy atom. The molecule has 0 spiro atoms. The molecular weight excluding hydrogens is 278 g/mol. The molecule has 1 N–H and O–H groups in total. The Morgan fingerprint density at radius 2 is 1.95 bits per heavy atom. The maximum atomic E-state index is 4.77. The molecule has 112 valence electrons. The van der Waals surface area contributed by atoms with E-state index < -0.39 is 0 Å². The molecule has 0 bridgehead atoms. The van der Waals surface area contributed by atoms with Crippen LogP contribution in [0.25, 0.3) is 22.2 Å². The lowest BCUT2D eigenvalue weighted by Crippen LogP contribution is -2.16. The Labute approximate surface area is 127 Å². The Bertz CT molecular complexity index is 807. The highest BCUT2D eigenvalue weighted by molar-refractivity contribution is 5.84. The van der Waals surface area contributed by atoms with Gasteiger partial charge in [0, 0.05) is 17.8 Å². The third-order valence-corrected chi connectivity index (χ3v) is 4.17. The van der Waals surface area contributed by atoms with Gasteiger partial charge in [-0.15, -0.1) is 0 Å². The summed E-state index contributed by atoms with van der Waals surface area (Å²) < 4.78 is 4.77. The van der Waals surface area contributed by atoms with Crippen LogP contribution in [0.5, 0.6) is 0 Å². The number of aromatic nitrogens is 4. The Hall–Kier alpha value is -2.50. The molecule has 1 aliphatic rings. The van der Waals surface area contributed by atoms with Crippen LogP contribution in [-0.2, 0) is 0 Å². The third-order valence-electron chi connectivity index (χ3n) is 4.17. The van der Waals surface area contributed by atoms with E-state index in [9.17, 15) is 0 Å². The molecule has 0 unspecified atom stereocenters. The van der Waals surface area contributed by atoms with Crippen molar-refractivity contribution in [1.29, 1.82) is 0 Å². The minimum atomic E-state index is 0.505. The average Bonchev–Trinajstić information content (AvgIpc) is 3.17. The predicted octanol–water partition coefficient (Wildman–Crippen LogP) is 3.34. The summed E-state index contributed by atoms with van der Waals surface area (Å²) >= 11 is 0. The number of nitrogens with one attached hydrogen (secondary N) is 1. The van der Waals surface area contributed by atoms with Gasteiger partial charge in [-0.05, 0) is 47.8 Å². The van der Waals surface area contributed by atoms with Crippen LogP contribution in [0.1, 0.15) is 31.5 Å². The van der Waals surface area contributed by atoms with Gasteiger partial charge in [-0.25, -0.2) is 14.6 Å². The van der Waals surface area contributed by atoms with Crippen molar-refractivity contribution < 1.29 is 4.63 Å². The van der Waals surface area contributed by atoms with E-state index in [1.54, 1.807) is 0 Å². The lowest BCUT2D eigenvalue weighted by molar-refractivity contribution is 0.315. The van der Waals surface area contributed by atoms with Crippen molar-refractivity contribution in [2.24, 2.45) is 0 Å². The monoisotopic (exact) mass is 295 g/mol. The van der Waals surface area contributed by atoms with Crippen molar-refractivity contribution in [3.8, 4) is 11.1 Å². The normalized spacial score (nSPS) is 15.5. The molecule has 4 rings (SSSR count). The van der Waals surface area contributed by atoms with Crippen molar-refractivity contribution in [2.45, 2.75) is 38.6 Å². The number of hydrogen-bond donors (Lipinski definition) is 1. The molecule has 0 atom stereocenters. The molecule has 1 saturated carbocycles. The summed E-state index contributed by atoms with van der Waals surface area (Å²) in [7, 11) is 0. The standard InChI is InChI=1S/C16H17N5O/c1-10-17-9-13(16(18-10)19-12-4-2-3-5-12)11-6-7-14-15(8-11)21-22-20-14/h6-9,12H,2-5H2,1H3,(H,17,18,19). The summed E-state index contributed by atoms with van der Waals surface area (Å²) in [5.41, 5.74) is 3.50. The molecule has 1 aliphatic carbocycles. The number of nitrogens with zero attached hydrogens (tertiary/aromatic N) is 4.